The summed E-state index contributed by atoms with van der Waals surface area (Å²) in [7, 11) is 3.66. The first-order valence-electron chi connectivity index (χ1n) is 5.21. The number of hydrogen-bond acceptors (Lipinski definition) is 3. The average Bonchev–Trinajstić information content (AvgIpc) is 2.62. The zero-order valence-corrected chi connectivity index (χ0v) is 10.4. The molecule has 0 bridgehead atoms. The minimum absolute atomic E-state index is 0.0137. The van der Waals surface area contributed by atoms with E-state index in [1.807, 2.05) is 32.1 Å². The summed E-state index contributed by atoms with van der Waals surface area (Å²) in [5, 5.41) is 13.2. The monoisotopic (exact) mass is 225 g/mol. The molecule has 1 heterocycles. The number of carboxylic acid groups (broad SMARTS) is 1. The first-order valence-corrected chi connectivity index (χ1v) is 5.21. The van der Waals surface area contributed by atoms with E-state index in [4.69, 9.17) is 5.11 Å². The molecule has 0 aliphatic heterocycles. The zero-order valence-electron chi connectivity index (χ0n) is 10.4. The zero-order chi connectivity index (χ0) is 12.5. The highest BCUT2D eigenvalue weighted by atomic mass is 16.4. The fraction of sp³-hybridized carbons (Fsp3) is 0.636. The predicted molar refractivity (Wildman–Crippen MR) is 61.1 cm³/mol. The van der Waals surface area contributed by atoms with E-state index in [2.05, 4.69) is 5.10 Å². The number of carbonyl (C=O) groups is 1. The average molecular weight is 225 g/mol. The topological polar surface area (TPSA) is 58.4 Å². The summed E-state index contributed by atoms with van der Waals surface area (Å²) in [6.45, 7) is 5.37. The minimum atomic E-state index is -0.894. The maximum Gasteiger partial charge on any atom is 0.323 e. The molecule has 0 amide bonds. The number of aromatic nitrogens is 2. The molecular weight excluding hydrogens is 206 g/mol. The normalized spacial score (nSPS) is 14.1. The standard InChI is InChI=1S/C11H19N3O2/c1-8(9-6-12-13(4)7-9)14(5)11(2,3)10(15)16/h6-8H,1-5H3,(H,15,16). The first-order chi connectivity index (χ1) is 7.26. The van der Waals surface area contributed by atoms with Gasteiger partial charge in [-0.1, -0.05) is 0 Å². The van der Waals surface area contributed by atoms with Crippen molar-refractivity contribution < 1.29 is 9.90 Å². The van der Waals surface area contributed by atoms with Crippen LogP contribution in [0, 0.1) is 0 Å². The SMILES string of the molecule is CC(c1cnn(C)c1)N(C)C(C)(C)C(=O)O. The van der Waals surface area contributed by atoms with Crippen molar-refractivity contribution in [3.63, 3.8) is 0 Å². The van der Waals surface area contributed by atoms with Crippen molar-refractivity contribution in [2.24, 2.45) is 7.05 Å². The molecule has 1 atom stereocenters. The Labute approximate surface area is 95.7 Å². The number of aliphatic carboxylic acids is 1. The number of nitrogens with zero attached hydrogens (tertiary/aromatic N) is 3. The quantitative estimate of drug-likeness (QED) is 0.838. The molecule has 1 aromatic heterocycles. The molecule has 16 heavy (non-hydrogen) atoms. The predicted octanol–water partition coefficient (Wildman–Crippen LogP) is 1.28. The van der Waals surface area contributed by atoms with Gasteiger partial charge >= 0.3 is 5.97 Å². The van der Waals surface area contributed by atoms with E-state index in [0.717, 1.165) is 5.56 Å². The Balaban J connectivity index is 2.90. The van der Waals surface area contributed by atoms with Crippen LogP contribution < -0.4 is 0 Å². The molecule has 0 radical (unpaired) electrons. The van der Waals surface area contributed by atoms with Crippen LogP contribution in [0.25, 0.3) is 0 Å². The number of likely N-dealkylation sites (N-methyl/N-ethyl adjacent to an activating group) is 1. The Morgan fingerprint density at radius 3 is 2.56 bits per heavy atom. The van der Waals surface area contributed by atoms with Crippen LogP contribution in [0.4, 0.5) is 0 Å². The van der Waals surface area contributed by atoms with Crippen molar-refractivity contribution in [3.8, 4) is 0 Å². The van der Waals surface area contributed by atoms with Gasteiger partial charge in [0, 0.05) is 24.8 Å². The van der Waals surface area contributed by atoms with Gasteiger partial charge in [0.25, 0.3) is 0 Å². The highest BCUT2D eigenvalue weighted by molar-refractivity contribution is 5.77. The van der Waals surface area contributed by atoms with E-state index in [-0.39, 0.29) is 6.04 Å². The lowest BCUT2D eigenvalue weighted by molar-refractivity contribution is -0.149. The Hall–Kier alpha value is -1.36. The third-order valence-electron chi connectivity index (χ3n) is 3.19. The Bertz CT molecular complexity index is 384. The second kappa shape index (κ2) is 4.25. The fourth-order valence-corrected chi connectivity index (χ4v) is 1.51. The van der Waals surface area contributed by atoms with Gasteiger partial charge in [0.05, 0.1) is 6.20 Å². The Morgan fingerprint density at radius 2 is 2.19 bits per heavy atom. The van der Waals surface area contributed by atoms with Crippen molar-refractivity contribution in [1.29, 1.82) is 0 Å². The van der Waals surface area contributed by atoms with Crippen LogP contribution in [0.15, 0.2) is 12.4 Å². The smallest absolute Gasteiger partial charge is 0.323 e. The van der Waals surface area contributed by atoms with E-state index >= 15 is 0 Å². The summed E-state index contributed by atoms with van der Waals surface area (Å²) < 4.78 is 1.72. The molecule has 5 nitrogen and oxygen atoms in total. The van der Waals surface area contributed by atoms with Crippen molar-refractivity contribution in [1.82, 2.24) is 14.7 Å². The van der Waals surface area contributed by atoms with E-state index in [9.17, 15) is 4.79 Å². The number of rotatable bonds is 4. The van der Waals surface area contributed by atoms with Crippen LogP contribution in [0.3, 0.4) is 0 Å². The van der Waals surface area contributed by atoms with Crippen LogP contribution >= 0.6 is 0 Å². The molecule has 0 saturated carbocycles. The number of carboxylic acids is 1. The number of aryl methyl sites for hydroxylation is 1. The van der Waals surface area contributed by atoms with E-state index in [0.29, 0.717) is 0 Å². The molecule has 0 saturated heterocycles. The third-order valence-corrected chi connectivity index (χ3v) is 3.19. The van der Waals surface area contributed by atoms with Crippen LogP contribution in [0.2, 0.25) is 0 Å². The van der Waals surface area contributed by atoms with E-state index in [1.165, 1.54) is 0 Å². The van der Waals surface area contributed by atoms with Gasteiger partial charge in [-0.3, -0.25) is 14.4 Å². The van der Waals surface area contributed by atoms with Gasteiger partial charge in [0.2, 0.25) is 0 Å². The van der Waals surface area contributed by atoms with Gasteiger partial charge in [-0.2, -0.15) is 5.10 Å². The molecule has 1 aromatic rings. The summed E-state index contributed by atoms with van der Waals surface area (Å²) in [5.74, 6) is -0.828. The van der Waals surface area contributed by atoms with Crippen molar-refractivity contribution >= 4 is 5.97 Å². The maximum atomic E-state index is 11.1. The Morgan fingerprint density at radius 1 is 1.62 bits per heavy atom. The molecule has 0 fully saturated rings. The molecule has 90 valence electrons. The molecule has 0 aliphatic rings. The summed E-state index contributed by atoms with van der Waals surface area (Å²) >= 11 is 0. The van der Waals surface area contributed by atoms with Crippen molar-refractivity contribution in [2.75, 3.05) is 7.05 Å². The van der Waals surface area contributed by atoms with Gasteiger partial charge in [-0.05, 0) is 27.8 Å². The van der Waals surface area contributed by atoms with Crippen molar-refractivity contribution in [3.05, 3.63) is 18.0 Å². The highest BCUT2D eigenvalue weighted by Crippen LogP contribution is 2.25. The summed E-state index contributed by atoms with van der Waals surface area (Å²) in [5.41, 5.74) is 0.120. The van der Waals surface area contributed by atoms with Gasteiger partial charge in [0.1, 0.15) is 5.54 Å². The fourth-order valence-electron chi connectivity index (χ4n) is 1.51. The van der Waals surface area contributed by atoms with Crippen LogP contribution in [0.1, 0.15) is 32.4 Å². The van der Waals surface area contributed by atoms with Crippen LogP contribution in [-0.4, -0.2) is 38.3 Å². The second-order valence-electron chi connectivity index (χ2n) is 4.60. The molecule has 1 unspecified atom stereocenters. The van der Waals surface area contributed by atoms with Crippen LogP contribution in [-0.2, 0) is 11.8 Å². The van der Waals surface area contributed by atoms with Gasteiger partial charge in [0.15, 0.2) is 0 Å². The lowest BCUT2D eigenvalue weighted by Crippen LogP contribution is -2.48. The summed E-state index contributed by atoms with van der Waals surface area (Å²) in [6, 6.07) is 0.0137. The van der Waals surface area contributed by atoms with Crippen LogP contribution in [0.5, 0.6) is 0 Å². The summed E-state index contributed by atoms with van der Waals surface area (Å²) in [6.07, 6.45) is 3.66. The highest BCUT2D eigenvalue weighted by Gasteiger charge is 2.35. The molecule has 1 N–H and O–H groups in total. The first kappa shape index (κ1) is 12.7. The minimum Gasteiger partial charge on any atom is -0.480 e. The molecule has 0 aromatic carbocycles. The largest absolute Gasteiger partial charge is 0.480 e. The molecule has 0 spiro atoms. The molecular formula is C11H19N3O2. The Kier molecular flexibility index (Phi) is 3.38. The van der Waals surface area contributed by atoms with Gasteiger partial charge in [-0.25, -0.2) is 0 Å². The molecule has 1 rings (SSSR count). The van der Waals surface area contributed by atoms with E-state index < -0.39 is 11.5 Å². The summed E-state index contributed by atoms with van der Waals surface area (Å²) in [4.78, 5) is 13.0. The molecule has 5 heteroatoms. The number of hydrogen-bond donors (Lipinski definition) is 1. The lowest BCUT2D eigenvalue weighted by atomic mass is 10.00. The lowest BCUT2D eigenvalue weighted by Gasteiger charge is -2.35. The van der Waals surface area contributed by atoms with Gasteiger partial charge in [-0.15, -0.1) is 0 Å². The van der Waals surface area contributed by atoms with Gasteiger partial charge < -0.3 is 5.11 Å². The molecule has 0 aliphatic carbocycles. The third kappa shape index (κ3) is 2.24. The van der Waals surface area contributed by atoms with Crippen molar-refractivity contribution in [2.45, 2.75) is 32.4 Å². The second-order valence-corrected chi connectivity index (χ2v) is 4.60. The maximum absolute atomic E-state index is 11.1. The van der Waals surface area contributed by atoms with E-state index in [1.54, 1.807) is 24.7 Å².